The third-order valence-corrected chi connectivity index (χ3v) is 4.71. The average molecular weight is 418 g/mol. The second kappa shape index (κ2) is 11.7. The van der Waals surface area contributed by atoms with Gasteiger partial charge < -0.3 is 30.6 Å². The van der Waals surface area contributed by atoms with Gasteiger partial charge in [-0.3, -0.25) is 4.79 Å². The Morgan fingerprint density at radius 3 is 2.20 bits per heavy atom. The fourth-order valence-corrected chi connectivity index (χ4v) is 2.89. The predicted octanol–water partition coefficient (Wildman–Crippen LogP) is 1.74. The molecule has 0 aliphatic rings. The lowest BCUT2D eigenvalue weighted by molar-refractivity contribution is 0.0948. The van der Waals surface area contributed by atoms with E-state index in [9.17, 15) is 19.8 Å². The van der Waals surface area contributed by atoms with E-state index in [2.05, 4.69) is 29.4 Å². The molecule has 1 aromatic heterocycles. The zero-order valence-electron chi connectivity index (χ0n) is 17.4. The third kappa shape index (κ3) is 7.00. The van der Waals surface area contributed by atoms with Crippen LogP contribution in [0.25, 0.3) is 0 Å². The molecular formula is C21H30N4O5. The van der Waals surface area contributed by atoms with Crippen LogP contribution in [0.15, 0.2) is 36.4 Å². The lowest BCUT2D eigenvalue weighted by Gasteiger charge is -2.17. The molecule has 1 heterocycles. The Bertz CT molecular complexity index is 796. The molecule has 0 saturated heterocycles. The fourth-order valence-electron chi connectivity index (χ4n) is 2.89. The van der Waals surface area contributed by atoms with Gasteiger partial charge in [0.1, 0.15) is 0 Å². The van der Waals surface area contributed by atoms with Crippen LogP contribution in [-0.4, -0.2) is 64.6 Å². The molecule has 9 nitrogen and oxygen atoms in total. The number of aromatic hydroxyl groups is 2. The molecule has 0 spiro atoms. The van der Waals surface area contributed by atoms with Crippen LogP contribution in [0.3, 0.4) is 0 Å². The molecule has 0 bridgehead atoms. The van der Waals surface area contributed by atoms with Gasteiger partial charge in [-0.05, 0) is 43.6 Å². The summed E-state index contributed by atoms with van der Waals surface area (Å²) < 4.78 is 0.626. The van der Waals surface area contributed by atoms with E-state index >= 15 is 0 Å². The number of hydrogen-bond donors (Lipinski definition) is 4. The van der Waals surface area contributed by atoms with Gasteiger partial charge in [-0.15, -0.1) is 4.73 Å². The molecule has 1 aromatic carbocycles. The number of nitrogens with one attached hydrogen (secondary N) is 2. The first-order chi connectivity index (χ1) is 14.4. The number of carbonyl (C=O) groups excluding carboxylic acids is 2. The van der Waals surface area contributed by atoms with E-state index < -0.39 is 6.09 Å². The summed E-state index contributed by atoms with van der Waals surface area (Å²) in [7, 11) is 0. The number of hydrogen-bond acceptors (Lipinski definition) is 6. The predicted molar refractivity (Wildman–Crippen MR) is 113 cm³/mol. The van der Waals surface area contributed by atoms with Crippen molar-refractivity contribution in [2.45, 2.75) is 26.7 Å². The lowest BCUT2D eigenvalue weighted by atomic mass is 10.1. The summed E-state index contributed by atoms with van der Waals surface area (Å²) in [5.74, 6) is -0.839. The van der Waals surface area contributed by atoms with Gasteiger partial charge >= 0.3 is 6.09 Å². The molecule has 4 N–H and O–H groups in total. The summed E-state index contributed by atoms with van der Waals surface area (Å²) in [6, 6.07) is 9.79. The summed E-state index contributed by atoms with van der Waals surface area (Å²) in [5.41, 5.74) is 1.66. The number of benzene rings is 1. The van der Waals surface area contributed by atoms with Crippen molar-refractivity contribution in [3.63, 3.8) is 0 Å². The molecule has 0 aliphatic heterocycles. The zero-order valence-corrected chi connectivity index (χ0v) is 17.4. The molecule has 2 amide bonds. The van der Waals surface area contributed by atoms with Crippen LogP contribution in [-0.2, 0) is 6.42 Å². The highest BCUT2D eigenvalue weighted by atomic mass is 16.7. The van der Waals surface area contributed by atoms with Crippen molar-refractivity contribution in [3.05, 3.63) is 47.5 Å². The number of rotatable bonds is 11. The van der Waals surface area contributed by atoms with Gasteiger partial charge in [0.15, 0.2) is 0 Å². The Morgan fingerprint density at radius 1 is 0.967 bits per heavy atom. The third-order valence-electron chi connectivity index (χ3n) is 4.71. The summed E-state index contributed by atoms with van der Waals surface area (Å²) in [4.78, 5) is 30.9. The van der Waals surface area contributed by atoms with E-state index in [1.807, 2.05) is 12.1 Å². The quantitative estimate of drug-likeness (QED) is 0.413. The Morgan fingerprint density at radius 2 is 1.60 bits per heavy atom. The largest absolute Gasteiger partial charge is 0.492 e. The normalized spacial score (nSPS) is 10.8. The second-order valence-corrected chi connectivity index (χ2v) is 6.73. The van der Waals surface area contributed by atoms with Crippen molar-refractivity contribution in [2.75, 3.05) is 32.7 Å². The highest BCUT2D eigenvalue weighted by Crippen LogP contribution is 2.18. The minimum Gasteiger partial charge on any atom is -0.492 e. The summed E-state index contributed by atoms with van der Waals surface area (Å²) in [5, 5.41) is 24.3. The number of nitrogens with zero attached hydrogens (tertiary/aromatic N) is 2. The molecule has 0 radical (unpaired) electrons. The van der Waals surface area contributed by atoms with E-state index in [0.29, 0.717) is 36.2 Å². The van der Waals surface area contributed by atoms with Crippen molar-refractivity contribution in [3.8, 4) is 11.8 Å². The Labute approximate surface area is 176 Å². The summed E-state index contributed by atoms with van der Waals surface area (Å²) >= 11 is 0. The first-order valence-corrected chi connectivity index (χ1v) is 10.1. The molecule has 164 valence electrons. The fraction of sp³-hybridized carbons (Fsp3) is 0.429. The van der Waals surface area contributed by atoms with Gasteiger partial charge in [0.05, 0.1) is 0 Å². The van der Waals surface area contributed by atoms with Crippen LogP contribution in [0.2, 0.25) is 0 Å². The van der Waals surface area contributed by atoms with Crippen molar-refractivity contribution < 1.29 is 24.6 Å². The molecule has 0 fully saturated rings. The zero-order chi connectivity index (χ0) is 21.9. The maximum atomic E-state index is 12.2. The van der Waals surface area contributed by atoms with Crippen LogP contribution in [0.1, 0.15) is 36.2 Å². The Hall–Kier alpha value is -3.20. The van der Waals surface area contributed by atoms with Gasteiger partial charge in [0, 0.05) is 37.3 Å². The molecule has 0 atom stereocenters. The maximum Gasteiger partial charge on any atom is 0.432 e. The van der Waals surface area contributed by atoms with Crippen LogP contribution < -0.4 is 15.5 Å². The van der Waals surface area contributed by atoms with Gasteiger partial charge in [-0.2, -0.15) is 0 Å². The standard InChI is InChI=1S/C21H30N4O5/c1-3-24(4-2)15-14-22-20(28)17-9-7-16(8-10-17)6-5-13-23-21(29)30-25-18(26)11-12-19(25)27/h7-12,26-27H,3-6,13-15H2,1-2H3,(H,22,28)(H,23,29). The highest BCUT2D eigenvalue weighted by Gasteiger charge is 2.11. The van der Waals surface area contributed by atoms with Crippen molar-refractivity contribution in [2.24, 2.45) is 0 Å². The van der Waals surface area contributed by atoms with Crippen LogP contribution >= 0.6 is 0 Å². The van der Waals surface area contributed by atoms with Gasteiger partial charge in [0.25, 0.3) is 5.91 Å². The number of aryl methyl sites for hydroxylation is 1. The van der Waals surface area contributed by atoms with Crippen molar-refractivity contribution in [1.29, 1.82) is 0 Å². The molecular weight excluding hydrogens is 388 g/mol. The molecule has 0 aliphatic carbocycles. The number of carbonyl (C=O) groups is 2. The van der Waals surface area contributed by atoms with Crippen LogP contribution in [0.5, 0.6) is 11.8 Å². The molecule has 30 heavy (non-hydrogen) atoms. The number of likely N-dealkylation sites (N-methyl/N-ethyl adjacent to an activating group) is 1. The lowest BCUT2D eigenvalue weighted by Crippen LogP contribution is -2.34. The van der Waals surface area contributed by atoms with E-state index in [-0.39, 0.29) is 17.7 Å². The van der Waals surface area contributed by atoms with Gasteiger partial charge in [-0.25, -0.2) is 4.79 Å². The minimum absolute atomic E-state index is 0.0883. The van der Waals surface area contributed by atoms with E-state index in [0.717, 1.165) is 25.2 Å². The molecule has 0 unspecified atom stereocenters. The maximum absolute atomic E-state index is 12.2. The van der Waals surface area contributed by atoms with E-state index in [1.54, 1.807) is 12.1 Å². The number of aromatic nitrogens is 1. The van der Waals surface area contributed by atoms with Crippen molar-refractivity contribution >= 4 is 12.0 Å². The first kappa shape index (κ1) is 23.1. The summed E-state index contributed by atoms with van der Waals surface area (Å²) in [6.45, 7) is 7.92. The average Bonchev–Trinajstić information content (AvgIpc) is 3.06. The minimum atomic E-state index is -0.784. The van der Waals surface area contributed by atoms with Gasteiger partial charge in [-0.1, -0.05) is 26.0 Å². The Balaban J connectivity index is 1.68. The van der Waals surface area contributed by atoms with Crippen molar-refractivity contribution in [1.82, 2.24) is 20.3 Å². The van der Waals surface area contributed by atoms with E-state index in [1.165, 1.54) is 12.1 Å². The molecule has 0 saturated carbocycles. The van der Waals surface area contributed by atoms with Gasteiger partial charge in [0.2, 0.25) is 11.8 Å². The molecule has 2 rings (SSSR count). The van der Waals surface area contributed by atoms with E-state index in [4.69, 9.17) is 4.84 Å². The second-order valence-electron chi connectivity index (χ2n) is 6.73. The summed E-state index contributed by atoms with van der Waals surface area (Å²) in [6.07, 6.45) is 0.590. The van der Waals surface area contributed by atoms with Crippen LogP contribution in [0.4, 0.5) is 4.79 Å². The van der Waals surface area contributed by atoms with Crippen LogP contribution in [0, 0.1) is 0 Å². The topological polar surface area (TPSA) is 116 Å². The highest BCUT2D eigenvalue weighted by molar-refractivity contribution is 5.94. The monoisotopic (exact) mass is 418 g/mol. The smallest absolute Gasteiger partial charge is 0.432 e. The SMILES string of the molecule is CCN(CC)CCNC(=O)c1ccc(CCCNC(=O)On2c(O)ccc2O)cc1. The first-order valence-electron chi connectivity index (χ1n) is 10.1. The molecule has 9 heteroatoms. The Kier molecular flexibility index (Phi) is 9.02. The molecule has 2 aromatic rings. The number of amides is 2.